The predicted molar refractivity (Wildman–Crippen MR) is 83.5 cm³/mol. The number of rotatable bonds is 5. The average molecular weight is 308 g/mol. The van der Waals surface area contributed by atoms with Gasteiger partial charge in [0.15, 0.2) is 0 Å². The first-order chi connectivity index (χ1) is 10.4. The molecule has 0 amide bonds. The molecule has 1 aliphatic carbocycles. The Kier molecular flexibility index (Phi) is 5.06. The van der Waals surface area contributed by atoms with Crippen molar-refractivity contribution in [2.45, 2.75) is 38.4 Å². The number of hydrogen-bond acceptors (Lipinski definition) is 2. The SMILES string of the molecule is CCCC(=N)c1ccccc1NC1C=CC(C(F)(F)F)=CC1. The zero-order valence-electron chi connectivity index (χ0n) is 12.4. The van der Waals surface area contributed by atoms with Gasteiger partial charge in [-0.1, -0.05) is 49.8 Å². The largest absolute Gasteiger partial charge is 0.416 e. The fourth-order valence-corrected chi connectivity index (χ4v) is 2.39. The van der Waals surface area contributed by atoms with E-state index in [1.807, 2.05) is 31.2 Å². The molecule has 1 aromatic rings. The molecule has 2 nitrogen and oxygen atoms in total. The number of benzene rings is 1. The Morgan fingerprint density at radius 2 is 2.05 bits per heavy atom. The molecule has 118 valence electrons. The summed E-state index contributed by atoms with van der Waals surface area (Å²) in [6.07, 6.45) is 1.40. The van der Waals surface area contributed by atoms with Crippen LogP contribution in [0.3, 0.4) is 0 Å². The first-order valence-electron chi connectivity index (χ1n) is 7.30. The average Bonchev–Trinajstić information content (AvgIpc) is 2.47. The van der Waals surface area contributed by atoms with Crippen LogP contribution in [0.4, 0.5) is 18.9 Å². The Hall–Kier alpha value is -2.04. The molecule has 5 heteroatoms. The highest BCUT2D eigenvalue weighted by Crippen LogP contribution is 2.30. The van der Waals surface area contributed by atoms with E-state index >= 15 is 0 Å². The van der Waals surface area contributed by atoms with E-state index in [-0.39, 0.29) is 12.5 Å². The lowest BCUT2D eigenvalue weighted by Crippen LogP contribution is -2.22. The molecule has 0 bridgehead atoms. The lowest BCUT2D eigenvalue weighted by atomic mass is 10.00. The summed E-state index contributed by atoms with van der Waals surface area (Å²) in [4.78, 5) is 0. The van der Waals surface area contributed by atoms with Crippen molar-refractivity contribution in [2.24, 2.45) is 0 Å². The maximum atomic E-state index is 12.6. The zero-order valence-corrected chi connectivity index (χ0v) is 12.4. The standard InChI is InChI=1S/C17H19F3N2/c1-2-5-15(21)14-6-3-4-7-16(14)22-13-10-8-12(9-11-13)17(18,19)20/h3-4,6-10,13,21-22H,2,5,11H2,1H3. The van der Waals surface area contributed by atoms with Gasteiger partial charge < -0.3 is 10.7 Å². The van der Waals surface area contributed by atoms with Crippen molar-refractivity contribution in [1.82, 2.24) is 0 Å². The van der Waals surface area contributed by atoms with Crippen LogP contribution in [-0.2, 0) is 0 Å². The summed E-state index contributed by atoms with van der Waals surface area (Å²) < 4.78 is 37.7. The fourth-order valence-electron chi connectivity index (χ4n) is 2.39. The maximum absolute atomic E-state index is 12.6. The van der Waals surface area contributed by atoms with Crippen LogP contribution in [0.15, 0.2) is 48.1 Å². The quantitative estimate of drug-likeness (QED) is 0.731. The van der Waals surface area contributed by atoms with Crippen LogP contribution in [0.5, 0.6) is 0 Å². The lowest BCUT2D eigenvalue weighted by Gasteiger charge is -2.21. The lowest BCUT2D eigenvalue weighted by molar-refractivity contribution is -0.0886. The van der Waals surface area contributed by atoms with Gasteiger partial charge in [0.25, 0.3) is 0 Å². The van der Waals surface area contributed by atoms with Crippen molar-refractivity contribution >= 4 is 11.4 Å². The van der Waals surface area contributed by atoms with E-state index in [4.69, 9.17) is 5.41 Å². The van der Waals surface area contributed by atoms with Gasteiger partial charge in [0, 0.05) is 23.0 Å². The molecule has 1 aromatic carbocycles. The van der Waals surface area contributed by atoms with Gasteiger partial charge >= 0.3 is 6.18 Å². The Morgan fingerprint density at radius 3 is 2.64 bits per heavy atom. The molecule has 0 saturated carbocycles. The Bertz CT molecular complexity index is 600. The van der Waals surface area contributed by atoms with Gasteiger partial charge in [0.2, 0.25) is 0 Å². The van der Waals surface area contributed by atoms with Crippen LogP contribution in [0, 0.1) is 5.41 Å². The molecule has 0 heterocycles. The second-order valence-electron chi connectivity index (χ2n) is 5.28. The van der Waals surface area contributed by atoms with E-state index in [9.17, 15) is 13.2 Å². The van der Waals surface area contributed by atoms with E-state index in [2.05, 4.69) is 5.32 Å². The summed E-state index contributed by atoms with van der Waals surface area (Å²) in [5, 5.41) is 11.3. The van der Waals surface area contributed by atoms with Crippen LogP contribution in [-0.4, -0.2) is 17.9 Å². The third-order valence-corrected chi connectivity index (χ3v) is 3.52. The Morgan fingerprint density at radius 1 is 1.32 bits per heavy atom. The van der Waals surface area contributed by atoms with Crippen LogP contribution in [0.25, 0.3) is 0 Å². The van der Waals surface area contributed by atoms with Crippen LogP contribution < -0.4 is 5.32 Å². The van der Waals surface area contributed by atoms with Gasteiger partial charge in [-0.2, -0.15) is 13.2 Å². The van der Waals surface area contributed by atoms with Gasteiger partial charge in [-0.25, -0.2) is 0 Å². The van der Waals surface area contributed by atoms with E-state index in [1.54, 1.807) is 0 Å². The molecule has 0 radical (unpaired) electrons. The highest BCUT2D eigenvalue weighted by molar-refractivity contribution is 6.03. The van der Waals surface area contributed by atoms with Gasteiger partial charge in [-0.15, -0.1) is 0 Å². The van der Waals surface area contributed by atoms with E-state index in [0.717, 1.165) is 23.7 Å². The molecule has 2 rings (SSSR count). The third kappa shape index (κ3) is 4.00. The topological polar surface area (TPSA) is 35.9 Å². The highest BCUT2D eigenvalue weighted by Gasteiger charge is 2.32. The van der Waals surface area contributed by atoms with Gasteiger partial charge in [0.1, 0.15) is 0 Å². The van der Waals surface area contributed by atoms with Crippen molar-refractivity contribution in [1.29, 1.82) is 5.41 Å². The van der Waals surface area contributed by atoms with E-state index in [0.29, 0.717) is 12.1 Å². The Labute approximate surface area is 128 Å². The number of allylic oxidation sites excluding steroid dienone is 2. The molecule has 0 aliphatic heterocycles. The zero-order chi connectivity index (χ0) is 16.2. The summed E-state index contributed by atoms with van der Waals surface area (Å²) in [6.45, 7) is 2.01. The minimum Gasteiger partial charge on any atom is -0.378 e. The van der Waals surface area contributed by atoms with Gasteiger partial charge in [-0.05, 0) is 18.9 Å². The molecule has 1 atom stereocenters. The summed E-state index contributed by atoms with van der Waals surface area (Å²) >= 11 is 0. The molecule has 0 saturated heterocycles. The predicted octanol–water partition coefficient (Wildman–Crippen LogP) is 5.08. The maximum Gasteiger partial charge on any atom is 0.416 e. The summed E-state index contributed by atoms with van der Waals surface area (Å²) in [6, 6.07) is 7.25. The number of para-hydroxylation sites is 1. The van der Waals surface area contributed by atoms with Gasteiger partial charge in [0.05, 0.1) is 5.57 Å². The number of halogens is 3. The van der Waals surface area contributed by atoms with Crippen molar-refractivity contribution in [3.8, 4) is 0 Å². The fraction of sp³-hybridized carbons (Fsp3) is 0.353. The second-order valence-corrected chi connectivity index (χ2v) is 5.28. The minimum absolute atomic E-state index is 0.193. The molecule has 1 aliphatic rings. The minimum atomic E-state index is -4.29. The van der Waals surface area contributed by atoms with Gasteiger partial charge in [-0.3, -0.25) is 0 Å². The second kappa shape index (κ2) is 6.81. The van der Waals surface area contributed by atoms with E-state index < -0.39 is 11.7 Å². The monoisotopic (exact) mass is 308 g/mol. The summed E-state index contributed by atoms with van der Waals surface area (Å²) in [5.74, 6) is 0. The summed E-state index contributed by atoms with van der Waals surface area (Å²) in [5.41, 5.74) is 1.54. The Balaban J connectivity index is 2.09. The molecular formula is C17H19F3N2. The summed E-state index contributed by atoms with van der Waals surface area (Å²) in [7, 11) is 0. The highest BCUT2D eigenvalue weighted by atomic mass is 19.4. The molecule has 22 heavy (non-hydrogen) atoms. The first-order valence-corrected chi connectivity index (χ1v) is 7.30. The van der Waals surface area contributed by atoms with Crippen LogP contribution in [0.1, 0.15) is 31.7 Å². The van der Waals surface area contributed by atoms with Crippen LogP contribution >= 0.6 is 0 Å². The smallest absolute Gasteiger partial charge is 0.378 e. The third-order valence-electron chi connectivity index (χ3n) is 3.52. The van der Waals surface area contributed by atoms with E-state index in [1.165, 1.54) is 12.2 Å². The normalized spacial score (nSPS) is 18.0. The number of anilines is 1. The number of alkyl halides is 3. The van der Waals surface area contributed by atoms with Crippen molar-refractivity contribution in [3.63, 3.8) is 0 Å². The molecule has 2 N–H and O–H groups in total. The first kappa shape index (κ1) is 16.3. The van der Waals surface area contributed by atoms with Crippen molar-refractivity contribution < 1.29 is 13.2 Å². The molecule has 1 unspecified atom stereocenters. The molecule has 0 fully saturated rings. The molecular weight excluding hydrogens is 289 g/mol. The number of nitrogens with one attached hydrogen (secondary N) is 2. The molecule has 0 aromatic heterocycles. The van der Waals surface area contributed by atoms with Crippen molar-refractivity contribution in [3.05, 3.63) is 53.6 Å². The molecule has 0 spiro atoms. The van der Waals surface area contributed by atoms with Crippen molar-refractivity contribution in [2.75, 3.05) is 5.32 Å². The number of hydrogen-bond donors (Lipinski definition) is 2. The van der Waals surface area contributed by atoms with Crippen LogP contribution in [0.2, 0.25) is 0 Å².